The summed E-state index contributed by atoms with van der Waals surface area (Å²) in [6, 6.07) is 13.5. The Morgan fingerprint density at radius 3 is 2.84 bits per heavy atom. The fourth-order valence-electron chi connectivity index (χ4n) is 3.59. The van der Waals surface area contributed by atoms with Gasteiger partial charge in [-0.05, 0) is 68.1 Å². The Balaban J connectivity index is 1.63. The summed E-state index contributed by atoms with van der Waals surface area (Å²) in [5, 5.41) is 3.71. The van der Waals surface area contributed by atoms with Gasteiger partial charge in [-0.25, -0.2) is 0 Å². The number of aromatic nitrogens is 1. The normalized spacial score (nSPS) is 16.8. The van der Waals surface area contributed by atoms with E-state index < -0.39 is 0 Å². The molecular weight excluding hydrogens is 308 g/mol. The van der Waals surface area contributed by atoms with Crippen molar-refractivity contribution in [3.63, 3.8) is 0 Å². The van der Waals surface area contributed by atoms with Crippen LogP contribution >= 0.6 is 0 Å². The summed E-state index contributed by atoms with van der Waals surface area (Å²) in [4.78, 5) is 7.08. The number of unbranched alkanes of at least 4 members (excludes halogenated alkanes) is 1. The Bertz CT molecular complexity index is 670. The quantitative estimate of drug-likeness (QED) is 0.727. The highest BCUT2D eigenvalue weighted by Gasteiger charge is 2.20. The predicted octanol–water partition coefficient (Wildman–Crippen LogP) is 2.65. The molecule has 1 atom stereocenters. The first-order valence-electron chi connectivity index (χ1n) is 9.38. The van der Waals surface area contributed by atoms with Crippen LogP contribution in [-0.2, 0) is 19.5 Å². The highest BCUT2D eigenvalue weighted by molar-refractivity contribution is 5.30. The molecule has 2 heterocycles. The van der Waals surface area contributed by atoms with E-state index in [1.165, 1.54) is 16.7 Å². The van der Waals surface area contributed by atoms with Crippen LogP contribution < -0.4 is 11.1 Å². The molecule has 0 spiro atoms. The van der Waals surface area contributed by atoms with Crippen molar-refractivity contribution in [3.05, 3.63) is 65.0 Å². The Labute approximate surface area is 151 Å². The van der Waals surface area contributed by atoms with Crippen molar-refractivity contribution in [2.24, 2.45) is 5.73 Å². The van der Waals surface area contributed by atoms with Crippen LogP contribution in [0.2, 0.25) is 0 Å². The fourth-order valence-corrected chi connectivity index (χ4v) is 3.59. The van der Waals surface area contributed by atoms with Crippen molar-refractivity contribution >= 4 is 0 Å². The highest BCUT2D eigenvalue weighted by atomic mass is 15.2. The number of hydrogen-bond donors (Lipinski definition) is 2. The Morgan fingerprint density at radius 2 is 2.04 bits per heavy atom. The number of nitrogens with zero attached hydrogens (tertiary/aromatic N) is 2. The third-order valence-corrected chi connectivity index (χ3v) is 4.93. The van der Waals surface area contributed by atoms with Crippen molar-refractivity contribution in [1.82, 2.24) is 15.2 Å². The van der Waals surface area contributed by atoms with Gasteiger partial charge in [-0.1, -0.05) is 24.3 Å². The molecule has 134 valence electrons. The molecule has 0 amide bonds. The molecule has 25 heavy (non-hydrogen) atoms. The number of aryl methyl sites for hydroxylation is 1. The van der Waals surface area contributed by atoms with Gasteiger partial charge in [0, 0.05) is 31.9 Å². The maximum atomic E-state index is 5.68. The maximum Gasteiger partial charge on any atom is 0.0546 e. The monoisotopic (exact) mass is 338 g/mol. The zero-order chi connectivity index (χ0) is 17.5. The number of nitrogens with two attached hydrogens (primary N) is 1. The lowest BCUT2D eigenvalue weighted by Gasteiger charge is -2.31. The Hall–Kier alpha value is -1.75. The van der Waals surface area contributed by atoms with Crippen molar-refractivity contribution in [2.75, 3.05) is 19.6 Å². The molecule has 0 bridgehead atoms. The van der Waals surface area contributed by atoms with E-state index in [-0.39, 0.29) is 0 Å². The van der Waals surface area contributed by atoms with E-state index in [0.29, 0.717) is 6.04 Å². The van der Waals surface area contributed by atoms with E-state index in [1.54, 1.807) is 0 Å². The van der Waals surface area contributed by atoms with Crippen LogP contribution in [0.15, 0.2) is 42.6 Å². The molecule has 0 fully saturated rings. The molecule has 3 N–H and O–H groups in total. The van der Waals surface area contributed by atoms with Gasteiger partial charge < -0.3 is 11.1 Å². The molecule has 4 heteroatoms. The fraction of sp³-hybridized carbons (Fsp3) is 0.476. The van der Waals surface area contributed by atoms with Crippen molar-refractivity contribution in [1.29, 1.82) is 0 Å². The summed E-state index contributed by atoms with van der Waals surface area (Å²) in [6.45, 7) is 6.91. The van der Waals surface area contributed by atoms with Crippen molar-refractivity contribution in [2.45, 2.75) is 45.3 Å². The van der Waals surface area contributed by atoms with Gasteiger partial charge in [0.2, 0.25) is 0 Å². The first kappa shape index (κ1) is 18.1. The standard InChI is InChI=1S/C21H30N4/c1-17-8-10-23-20(12-17)15-25(11-5-4-9-22)16-21-13-18-6-2-3-7-19(18)14-24-21/h2-3,6-8,10,12,21,24H,4-5,9,11,13-16,22H2,1H3. The van der Waals surface area contributed by atoms with Crippen LogP contribution in [0.1, 0.15) is 35.2 Å². The van der Waals surface area contributed by atoms with Crippen LogP contribution in [0.3, 0.4) is 0 Å². The Morgan fingerprint density at radius 1 is 1.20 bits per heavy atom. The topological polar surface area (TPSA) is 54.2 Å². The SMILES string of the molecule is Cc1ccnc(CN(CCCCN)CC2Cc3ccccc3CN2)c1. The second kappa shape index (κ2) is 9.09. The first-order chi connectivity index (χ1) is 12.2. The minimum Gasteiger partial charge on any atom is -0.330 e. The maximum absolute atomic E-state index is 5.68. The average Bonchev–Trinajstić information content (AvgIpc) is 2.62. The third-order valence-electron chi connectivity index (χ3n) is 4.93. The second-order valence-corrected chi connectivity index (χ2v) is 7.11. The summed E-state index contributed by atoms with van der Waals surface area (Å²) < 4.78 is 0. The van der Waals surface area contributed by atoms with E-state index in [4.69, 9.17) is 5.73 Å². The van der Waals surface area contributed by atoms with Crippen LogP contribution in [0, 0.1) is 6.92 Å². The van der Waals surface area contributed by atoms with E-state index >= 15 is 0 Å². The van der Waals surface area contributed by atoms with Gasteiger partial charge in [-0.15, -0.1) is 0 Å². The zero-order valence-electron chi connectivity index (χ0n) is 15.2. The molecule has 1 unspecified atom stereocenters. The molecule has 1 aromatic heterocycles. The number of rotatable bonds is 8. The predicted molar refractivity (Wildman–Crippen MR) is 103 cm³/mol. The van der Waals surface area contributed by atoms with Gasteiger partial charge >= 0.3 is 0 Å². The van der Waals surface area contributed by atoms with E-state index in [9.17, 15) is 0 Å². The highest BCUT2D eigenvalue weighted by Crippen LogP contribution is 2.17. The number of hydrogen-bond acceptors (Lipinski definition) is 4. The first-order valence-corrected chi connectivity index (χ1v) is 9.38. The van der Waals surface area contributed by atoms with Crippen LogP contribution in [0.5, 0.6) is 0 Å². The third kappa shape index (κ3) is 5.36. The minimum atomic E-state index is 0.498. The largest absolute Gasteiger partial charge is 0.330 e. The van der Waals surface area contributed by atoms with Crippen LogP contribution in [-0.4, -0.2) is 35.6 Å². The smallest absolute Gasteiger partial charge is 0.0546 e. The molecule has 0 saturated heterocycles. The molecule has 0 aliphatic carbocycles. The molecule has 1 aliphatic heterocycles. The molecule has 0 saturated carbocycles. The molecule has 0 radical (unpaired) electrons. The molecule has 1 aliphatic rings. The molecule has 1 aromatic carbocycles. The van der Waals surface area contributed by atoms with Gasteiger partial charge in [0.25, 0.3) is 0 Å². The van der Waals surface area contributed by atoms with Gasteiger partial charge in [-0.2, -0.15) is 0 Å². The molecule has 4 nitrogen and oxygen atoms in total. The summed E-state index contributed by atoms with van der Waals surface area (Å²) >= 11 is 0. The minimum absolute atomic E-state index is 0.498. The summed E-state index contributed by atoms with van der Waals surface area (Å²) in [6.07, 6.45) is 5.24. The van der Waals surface area contributed by atoms with E-state index in [0.717, 1.165) is 57.7 Å². The van der Waals surface area contributed by atoms with Crippen LogP contribution in [0.25, 0.3) is 0 Å². The van der Waals surface area contributed by atoms with Gasteiger partial charge in [0.15, 0.2) is 0 Å². The molecule has 2 aromatic rings. The number of nitrogens with one attached hydrogen (secondary N) is 1. The lowest BCUT2D eigenvalue weighted by molar-refractivity contribution is 0.222. The average molecular weight is 338 g/mol. The van der Waals surface area contributed by atoms with Gasteiger partial charge in [0.1, 0.15) is 0 Å². The number of fused-ring (bicyclic) bond motifs is 1. The van der Waals surface area contributed by atoms with Crippen molar-refractivity contribution in [3.8, 4) is 0 Å². The van der Waals surface area contributed by atoms with E-state index in [2.05, 4.69) is 58.5 Å². The van der Waals surface area contributed by atoms with Crippen molar-refractivity contribution < 1.29 is 0 Å². The number of pyridine rings is 1. The zero-order valence-corrected chi connectivity index (χ0v) is 15.2. The van der Waals surface area contributed by atoms with E-state index in [1.807, 2.05) is 6.20 Å². The summed E-state index contributed by atoms with van der Waals surface area (Å²) in [5.74, 6) is 0. The Kier molecular flexibility index (Phi) is 6.56. The summed E-state index contributed by atoms with van der Waals surface area (Å²) in [7, 11) is 0. The van der Waals surface area contributed by atoms with Gasteiger partial charge in [-0.3, -0.25) is 9.88 Å². The summed E-state index contributed by atoms with van der Waals surface area (Å²) in [5.41, 5.74) is 11.0. The van der Waals surface area contributed by atoms with Gasteiger partial charge in [0.05, 0.1) is 5.69 Å². The number of benzene rings is 1. The molecule has 3 rings (SSSR count). The van der Waals surface area contributed by atoms with Crippen LogP contribution in [0.4, 0.5) is 0 Å². The lowest BCUT2D eigenvalue weighted by atomic mass is 9.95. The molecular formula is C21H30N4. The second-order valence-electron chi connectivity index (χ2n) is 7.11. The lowest BCUT2D eigenvalue weighted by Crippen LogP contribution is -2.44.